The fourth-order valence-electron chi connectivity index (χ4n) is 2.02. The molecule has 0 saturated heterocycles. The van der Waals surface area contributed by atoms with Gasteiger partial charge in [-0.3, -0.25) is 0 Å². The number of nitrogens with two attached hydrogens (primary N) is 1. The van der Waals surface area contributed by atoms with E-state index in [1.807, 2.05) is 12.1 Å². The molecule has 0 saturated carbocycles. The van der Waals surface area contributed by atoms with Gasteiger partial charge in [0.2, 0.25) is 6.79 Å². The van der Waals surface area contributed by atoms with E-state index in [2.05, 4.69) is 0 Å². The molecule has 1 aromatic rings. The molecule has 2 aliphatic heterocycles. The molecule has 2 heterocycles. The lowest BCUT2D eigenvalue weighted by molar-refractivity contribution is 0.174. The van der Waals surface area contributed by atoms with Gasteiger partial charge >= 0.3 is 7.12 Å². The summed E-state index contributed by atoms with van der Waals surface area (Å²) in [6.07, 6.45) is -0.260. The first-order valence-electron chi connectivity index (χ1n) is 4.77. The molecule has 0 bridgehead atoms. The first-order valence-corrected chi connectivity index (χ1v) is 4.77. The largest absolute Gasteiger partial charge is 0.496 e. The van der Waals surface area contributed by atoms with Crippen molar-refractivity contribution in [3.8, 4) is 11.5 Å². The van der Waals surface area contributed by atoms with E-state index < -0.39 is 7.12 Å². The van der Waals surface area contributed by atoms with Crippen molar-refractivity contribution in [2.45, 2.75) is 6.10 Å². The second-order valence-corrected chi connectivity index (χ2v) is 3.52. The first-order chi connectivity index (χ1) is 7.31. The Hall–Kier alpha value is -1.24. The van der Waals surface area contributed by atoms with E-state index in [0.717, 1.165) is 5.56 Å². The molecule has 0 unspecified atom stereocenters. The number of rotatable bonds is 1. The SMILES string of the molecule is NC[C@H]1OB(O)c2c1ccc1c2OCO1. The lowest BCUT2D eigenvalue weighted by Gasteiger charge is -2.08. The van der Waals surface area contributed by atoms with Crippen molar-refractivity contribution in [1.29, 1.82) is 0 Å². The minimum Gasteiger partial charge on any atom is -0.454 e. The smallest absolute Gasteiger partial charge is 0.454 e. The molecular weight excluding hydrogens is 197 g/mol. The van der Waals surface area contributed by atoms with Crippen molar-refractivity contribution in [2.75, 3.05) is 13.3 Å². The molecule has 78 valence electrons. The summed E-state index contributed by atoms with van der Waals surface area (Å²) in [6, 6.07) is 3.67. The molecule has 6 heteroatoms. The quantitative estimate of drug-likeness (QED) is 0.585. The topological polar surface area (TPSA) is 73.9 Å². The first kappa shape index (κ1) is 9.02. The maximum Gasteiger partial charge on any atom is 0.496 e. The Balaban J connectivity index is 2.16. The van der Waals surface area contributed by atoms with E-state index in [1.54, 1.807) is 0 Å². The van der Waals surface area contributed by atoms with Gasteiger partial charge in [0, 0.05) is 12.0 Å². The third-order valence-corrected chi connectivity index (χ3v) is 2.71. The van der Waals surface area contributed by atoms with Crippen LogP contribution in [0.2, 0.25) is 0 Å². The number of hydrogen-bond acceptors (Lipinski definition) is 5. The van der Waals surface area contributed by atoms with Crippen LogP contribution >= 0.6 is 0 Å². The van der Waals surface area contributed by atoms with Crippen LogP contribution in [0.4, 0.5) is 0 Å². The standard InChI is InChI=1S/C9H10BNO4/c11-3-7-5-1-2-6-9(14-4-13-6)8(5)10(12)15-7/h1-2,7,12H,3-4,11H2/t7-/m1/s1. The van der Waals surface area contributed by atoms with Gasteiger partial charge in [-0.15, -0.1) is 0 Å². The van der Waals surface area contributed by atoms with Gasteiger partial charge in [-0.05, 0) is 11.6 Å². The van der Waals surface area contributed by atoms with Gasteiger partial charge < -0.3 is 24.9 Å². The van der Waals surface area contributed by atoms with Crippen LogP contribution in [-0.2, 0) is 4.65 Å². The summed E-state index contributed by atoms with van der Waals surface area (Å²) in [7, 11) is -0.967. The van der Waals surface area contributed by atoms with Crippen LogP contribution in [0.3, 0.4) is 0 Å². The molecule has 3 rings (SSSR count). The maximum atomic E-state index is 9.73. The molecule has 15 heavy (non-hydrogen) atoms. The van der Waals surface area contributed by atoms with Crippen molar-refractivity contribution in [2.24, 2.45) is 5.73 Å². The molecule has 0 spiro atoms. The van der Waals surface area contributed by atoms with Crippen molar-refractivity contribution >= 4 is 12.6 Å². The van der Waals surface area contributed by atoms with Crippen LogP contribution < -0.4 is 20.7 Å². The molecule has 0 aliphatic carbocycles. The van der Waals surface area contributed by atoms with Gasteiger partial charge in [0.05, 0.1) is 6.10 Å². The van der Waals surface area contributed by atoms with Crippen LogP contribution in [-0.4, -0.2) is 25.5 Å². The predicted octanol–water partition coefficient (Wildman–Crippen LogP) is -0.867. The number of ether oxygens (including phenoxy) is 2. The second-order valence-electron chi connectivity index (χ2n) is 3.52. The van der Waals surface area contributed by atoms with Gasteiger partial charge in [0.1, 0.15) is 0 Å². The van der Waals surface area contributed by atoms with E-state index in [0.29, 0.717) is 23.5 Å². The van der Waals surface area contributed by atoms with E-state index >= 15 is 0 Å². The average molecular weight is 207 g/mol. The fourth-order valence-corrected chi connectivity index (χ4v) is 2.02. The van der Waals surface area contributed by atoms with Gasteiger partial charge in [-0.2, -0.15) is 0 Å². The Morgan fingerprint density at radius 3 is 3.13 bits per heavy atom. The number of hydrogen-bond donors (Lipinski definition) is 2. The van der Waals surface area contributed by atoms with E-state index in [-0.39, 0.29) is 12.9 Å². The number of benzene rings is 1. The molecule has 3 N–H and O–H groups in total. The third kappa shape index (κ3) is 1.16. The minimum absolute atomic E-state index is 0.186. The summed E-state index contributed by atoms with van der Waals surface area (Å²) in [5.41, 5.74) is 7.08. The summed E-state index contributed by atoms with van der Waals surface area (Å²) < 4.78 is 15.8. The highest BCUT2D eigenvalue weighted by atomic mass is 16.7. The van der Waals surface area contributed by atoms with Crippen LogP contribution in [0.1, 0.15) is 11.7 Å². The average Bonchev–Trinajstić information content (AvgIpc) is 2.81. The zero-order chi connectivity index (χ0) is 10.4. The van der Waals surface area contributed by atoms with Crippen LogP contribution in [0.25, 0.3) is 0 Å². The van der Waals surface area contributed by atoms with Crippen LogP contribution in [0.15, 0.2) is 12.1 Å². The Kier molecular flexibility index (Phi) is 1.88. The Morgan fingerprint density at radius 2 is 2.33 bits per heavy atom. The van der Waals surface area contributed by atoms with Crippen molar-refractivity contribution in [3.05, 3.63) is 17.7 Å². The minimum atomic E-state index is -0.967. The summed E-state index contributed by atoms with van der Waals surface area (Å²) in [5, 5.41) is 9.73. The third-order valence-electron chi connectivity index (χ3n) is 2.71. The molecule has 1 aromatic carbocycles. The van der Waals surface area contributed by atoms with Crippen molar-refractivity contribution < 1.29 is 19.2 Å². The molecule has 0 amide bonds. The highest BCUT2D eigenvalue weighted by molar-refractivity contribution is 6.63. The Bertz CT molecular complexity index is 411. The Morgan fingerprint density at radius 1 is 1.47 bits per heavy atom. The maximum absolute atomic E-state index is 9.73. The normalized spacial score (nSPS) is 22.0. The van der Waals surface area contributed by atoms with Gasteiger partial charge in [-0.25, -0.2) is 0 Å². The predicted molar refractivity (Wildman–Crippen MR) is 53.1 cm³/mol. The molecule has 1 atom stereocenters. The van der Waals surface area contributed by atoms with Gasteiger partial charge in [0.25, 0.3) is 0 Å². The zero-order valence-electron chi connectivity index (χ0n) is 7.97. The second kappa shape index (κ2) is 3.13. The van der Waals surface area contributed by atoms with Crippen molar-refractivity contribution in [3.63, 3.8) is 0 Å². The molecule has 0 aromatic heterocycles. The van der Waals surface area contributed by atoms with E-state index in [9.17, 15) is 5.02 Å². The molecule has 5 nitrogen and oxygen atoms in total. The van der Waals surface area contributed by atoms with Crippen LogP contribution in [0.5, 0.6) is 11.5 Å². The molecular formula is C9H10BNO4. The zero-order valence-corrected chi connectivity index (χ0v) is 7.97. The summed E-state index contributed by atoms with van der Waals surface area (Å²) in [6.45, 7) is 0.523. The highest BCUT2D eigenvalue weighted by Gasteiger charge is 2.39. The molecule has 2 aliphatic rings. The number of fused-ring (bicyclic) bond motifs is 3. The molecule has 0 radical (unpaired) electrons. The highest BCUT2D eigenvalue weighted by Crippen LogP contribution is 2.36. The lowest BCUT2D eigenvalue weighted by Crippen LogP contribution is -2.29. The van der Waals surface area contributed by atoms with Gasteiger partial charge in [-0.1, -0.05) is 6.07 Å². The summed E-state index contributed by atoms with van der Waals surface area (Å²) >= 11 is 0. The van der Waals surface area contributed by atoms with Crippen molar-refractivity contribution in [1.82, 2.24) is 0 Å². The van der Waals surface area contributed by atoms with E-state index in [1.165, 1.54) is 0 Å². The summed E-state index contributed by atoms with van der Waals surface area (Å²) in [5.74, 6) is 1.23. The van der Waals surface area contributed by atoms with Gasteiger partial charge in [0.15, 0.2) is 11.5 Å². The molecule has 0 fully saturated rings. The lowest BCUT2D eigenvalue weighted by atomic mass is 9.78. The monoisotopic (exact) mass is 207 g/mol. The summed E-state index contributed by atoms with van der Waals surface area (Å²) in [4.78, 5) is 0. The fraction of sp³-hybridized carbons (Fsp3) is 0.333. The van der Waals surface area contributed by atoms with Crippen LogP contribution in [0, 0.1) is 0 Å². The Labute approximate surface area is 86.9 Å². The van der Waals surface area contributed by atoms with E-state index in [4.69, 9.17) is 19.9 Å².